The van der Waals surface area contributed by atoms with E-state index in [2.05, 4.69) is 28.8 Å². The first-order valence-electron chi connectivity index (χ1n) is 10.7. The number of carbonyl (C=O) groups excluding carboxylic acids is 1. The van der Waals surface area contributed by atoms with E-state index >= 15 is 0 Å². The molecule has 0 unspecified atom stereocenters. The fourth-order valence-electron chi connectivity index (χ4n) is 5.07. The first kappa shape index (κ1) is 20.0. The van der Waals surface area contributed by atoms with Crippen molar-refractivity contribution in [3.8, 4) is 0 Å². The minimum absolute atomic E-state index is 0.0352. The maximum absolute atomic E-state index is 14.0. The molecule has 2 fully saturated rings. The van der Waals surface area contributed by atoms with E-state index < -0.39 is 0 Å². The minimum atomic E-state index is -0.237. The molecule has 5 heteroatoms. The maximum atomic E-state index is 14.0. The van der Waals surface area contributed by atoms with Gasteiger partial charge in [-0.3, -0.25) is 14.7 Å². The lowest BCUT2D eigenvalue weighted by molar-refractivity contribution is -0.00337. The van der Waals surface area contributed by atoms with Crippen LogP contribution in [0.3, 0.4) is 0 Å². The van der Waals surface area contributed by atoms with Gasteiger partial charge in [0.15, 0.2) is 0 Å². The standard InChI is InChI=1S/C24H30FN3O/c1-24-12-7-15-28(22(24)10-5-6-14-27(24)2)23(29)19-11-13-26-20(17-19)16-18-8-3-4-9-21(18)25/h3-4,8-9,11,13,17,22H,5-7,10,12,14-16H2,1-2H3/t22-,24-/m0/s1. The van der Waals surface area contributed by atoms with Gasteiger partial charge in [0.1, 0.15) is 5.82 Å². The summed E-state index contributed by atoms with van der Waals surface area (Å²) in [4.78, 5) is 22.4. The zero-order valence-corrected chi connectivity index (χ0v) is 17.4. The minimum Gasteiger partial charge on any atom is -0.334 e. The summed E-state index contributed by atoms with van der Waals surface area (Å²) in [5, 5.41) is 0. The van der Waals surface area contributed by atoms with E-state index in [-0.39, 0.29) is 23.3 Å². The number of likely N-dealkylation sites (N-methyl/N-ethyl adjacent to an activating group) is 1. The molecular formula is C24H30FN3O. The molecule has 29 heavy (non-hydrogen) atoms. The van der Waals surface area contributed by atoms with Gasteiger partial charge in [0.25, 0.3) is 5.91 Å². The first-order valence-corrected chi connectivity index (χ1v) is 10.7. The van der Waals surface area contributed by atoms with Crippen molar-refractivity contribution in [1.29, 1.82) is 0 Å². The fraction of sp³-hybridized carbons (Fsp3) is 0.500. The van der Waals surface area contributed by atoms with Gasteiger partial charge in [-0.1, -0.05) is 24.6 Å². The normalized spacial score (nSPS) is 25.3. The van der Waals surface area contributed by atoms with Crippen LogP contribution in [-0.2, 0) is 6.42 Å². The molecule has 2 aliphatic heterocycles. The molecule has 154 valence electrons. The maximum Gasteiger partial charge on any atom is 0.254 e. The van der Waals surface area contributed by atoms with Crippen LogP contribution in [0.25, 0.3) is 0 Å². The second-order valence-electron chi connectivity index (χ2n) is 8.70. The molecule has 4 rings (SSSR count). The number of carbonyl (C=O) groups is 1. The smallest absolute Gasteiger partial charge is 0.254 e. The Hall–Kier alpha value is -2.27. The Morgan fingerprint density at radius 1 is 1.21 bits per heavy atom. The molecule has 0 saturated carbocycles. The molecule has 1 amide bonds. The zero-order chi connectivity index (χ0) is 20.4. The molecule has 1 aromatic heterocycles. The van der Waals surface area contributed by atoms with Gasteiger partial charge in [-0.15, -0.1) is 0 Å². The van der Waals surface area contributed by atoms with Gasteiger partial charge in [-0.25, -0.2) is 4.39 Å². The summed E-state index contributed by atoms with van der Waals surface area (Å²) in [5.41, 5.74) is 2.01. The summed E-state index contributed by atoms with van der Waals surface area (Å²) >= 11 is 0. The number of amides is 1. The highest BCUT2D eigenvalue weighted by Crippen LogP contribution is 2.38. The van der Waals surface area contributed by atoms with Gasteiger partial charge >= 0.3 is 0 Å². The van der Waals surface area contributed by atoms with Crippen LogP contribution in [-0.4, -0.2) is 52.4 Å². The zero-order valence-electron chi connectivity index (χ0n) is 17.4. The van der Waals surface area contributed by atoms with E-state index in [4.69, 9.17) is 0 Å². The predicted molar refractivity (Wildman–Crippen MR) is 112 cm³/mol. The fourth-order valence-corrected chi connectivity index (χ4v) is 5.07. The average Bonchev–Trinajstić information content (AvgIpc) is 2.88. The number of hydrogen-bond donors (Lipinski definition) is 0. The largest absolute Gasteiger partial charge is 0.334 e. The number of pyridine rings is 1. The van der Waals surface area contributed by atoms with E-state index in [0.717, 1.165) is 44.5 Å². The van der Waals surface area contributed by atoms with Crippen LogP contribution in [0.5, 0.6) is 0 Å². The molecule has 2 aliphatic rings. The number of aromatic nitrogens is 1. The monoisotopic (exact) mass is 395 g/mol. The third-order valence-electron chi connectivity index (χ3n) is 6.92. The number of halogens is 1. The van der Waals surface area contributed by atoms with E-state index in [9.17, 15) is 9.18 Å². The Morgan fingerprint density at radius 2 is 2.03 bits per heavy atom. The van der Waals surface area contributed by atoms with Crippen molar-refractivity contribution < 1.29 is 9.18 Å². The van der Waals surface area contributed by atoms with Crippen LogP contribution >= 0.6 is 0 Å². The number of piperidine rings is 1. The molecule has 4 nitrogen and oxygen atoms in total. The van der Waals surface area contributed by atoms with Gasteiger partial charge < -0.3 is 4.90 Å². The molecule has 3 heterocycles. The van der Waals surface area contributed by atoms with Gasteiger partial charge in [0.05, 0.1) is 6.04 Å². The lowest BCUT2D eigenvalue weighted by atomic mass is 9.79. The van der Waals surface area contributed by atoms with E-state index in [1.54, 1.807) is 24.4 Å². The second-order valence-corrected chi connectivity index (χ2v) is 8.70. The van der Waals surface area contributed by atoms with Crippen molar-refractivity contribution >= 4 is 5.91 Å². The van der Waals surface area contributed by atoms with Crippen molar-refractivity contribution in [2.24, 2.45) is 0 Å². The van der Waals surface area contributed by atoms with Crippen LogP contribution < -0.4 is 0 Å². The second kappa shape index (κ2) is 8.23. The lowest BCUT2D eigenvalue weighted by Gasteiger charge is -2.51. The lowest BCUT2D eigenvalue weighted by Crippen LogP contribution is -2.63. The van der Waals surface area contributed by atoms with Gasteiger partial charge in [-0.05, 0) is 70.0 Å². The Bertz CT molecular complexity index is 886. The first-order chi connectivity index (χ1) is 14.0. The van der Waals surface area contributed by atoms with Crippen molar-refractivity contribution in [2.45, 2.75) is 57.0 Å². The summed E-state index contributed by atoms with van der Waals surface area (Å²) in [6, 6.07) is 10.6. The summed E-state index contributed by atoms with van der Waals surface area (Å²) in [5.74, 6) is -0.160. The molecule has 2 saturated heterocycles. The summed E-state index contributed by atoms with van der Waals surface area (Å²) in [7, 11) is 2.20. The van der Waals surface area contributed by atoms with Crippen LogP contribution in [0.1, 0.15) is 60.6 Å². The topological polar surface area (TPSA) is 36.4 Å². The molecule has 0 radical (unpaired) electrons. The van der Waals surface area contributed by atoms with Gasteiger partial charge in [-0.2, -0.15) is 0 Å². The summed E-state index contributed by atoms with van der Waals surface area (Å²) in [6.45, 7) is 4.22. The number of nitrogens with zero attached hydrogens (tertiary/aromatic N) is 3. The Morgan fingerprint density at radius 3 is 2.86 bits per heavy atom. The molecule has 1 aromatic carbocycles. The number of rotatable bonds is 3. The highest BCUT2D eigenvalue weighted by molar-refractivity contribution is 5.94. The third kappa shape index (κ3) is 3.93. The van der Waals surface area contributed by atoms with Gasteiger partial charge in [0, 0.05) is 36.0 Å². The quantitative estimate of drug-likeness (QED) is 0.778. The van der Waals surface area contributed by atoms with Crippen LogP contribution in [0.4, 0.5) is 4.39 Å². The molecule has 2 aromatic rings. The van der Waals surface area contributed by atoms with Gasteiger partial charge in [0.2, 0.25) is 0 Å². The van der Waals surface area contributed by atoms with Crippen LogP contribution in [0.2, 0.25) is 0 Å². The highest BCUT2D eigenvalue weighted by Gasteiger charge is 2.46. The Kier molecular flexibility index (Phi) is 5.68. The Balaban J connectivity index is 1.58. The SMILES string of the molecule is CN1CCCC[C@@H]2N(C(=O)c3ccnc(Cc4ccccc4F)c3)CCC[C@@]21C. The van der Waals surface area contributed by atoms with Crippen molar-refractivity contribution in [1.82, 2.24) is 14.8 Å². The van der Waals surface area contributed by atoms with Crippen molar-refractivity contribution in [2.75, 3.05) is 20.1 Å². The summed E-state index contributed by atoms with van der Waals surface area (Å²) in [6.07, 6.45) is 7.61. The highest BCUT2D eigenvalue weighted by atomic mass is 19.1. The molecular weight excluding hydrogens is 365 g/mol. The Labute approximate surface area is 172 Å². The van der Waals surface area contributed by atoms with E-state index in [1.807, 2.05) is 12.1 Å². The summed E-state index contributed by atoms with van der Waals surface area (Å²) < 4.78 is 14.0. The van der Waals surface area contributed by atoms with E-state index in [0.29, 0.717) is 17.5 Å². The predicted octanol–water partition coefficient (Wildman–Crippen LogP) is 4.29. The third-order valence-corrected chi connectivity index (χ3v) is 6.92. The number of benzene rings is 1. The molecule has 0 spiro atoms. The van der Waals surface area contributed by atoms with E-state index in [1.165, 1.54) is 12.5 Å². The van der Waals surface area contributed by atoms with Crippen LogP contribution in [0.15, 0.2) is 42.6 Å². The average molecular weight is 396 g/mol. The molecule has 0 N–H and O–H groups in total. The van der Waals surface area contributed by atoms with Crippen molar-refractivity contribution in [3.63, 3.8) is 0 Å². The molecule has 0 bridgehead atoms. The number of hydrogen-bond acceptors (Lipinski definition) is 3. The van der Waals surface area contributed by atoms with Crippen LogP contribution in [0, 0.1) is 5.82 Å². The molecule has 0 aliphatic carbocycles. The molecule has 2 atom stereocenters. The number of fused-ring (bicyclic) bond motifs is 1. The number of likely N-dealkylation sites (tertiary alicyclic amines) is 2. The van der Waals surface area contributed by atoms with Crippen molar-refractivity contribution in [3.05, 3.63) is 65.2 Å².